The third-order valence-corrected chi connectivity index (χ3v) is 3.95. The lowest BCUT2D eigenvalue weighted by Crippen LogP contribution is -2.18. The predicted molar refractivity (Wildman–Crippen MR) is 83.5 cm³/mol. The van der Waals surface area contributed by atoms with E-state index in [-0.39, 0.29) is 12.0 Å². The Bertz CT molecular complexity index is 701. The molecule has 0 bridgehead atoms. The quantitative estimate of drug-likeness (QED) is 0.773. The molecule has 100 valence electrons. The van der Waals surface area contributed by atoms with Crippen LogP contribution in [-0.2, 0) is 0 Å². The van der Waals surface area contributed by atoms with E-state index in [1.807, 2.05) is 24.5 Å². The lowest BCUT2D eigenvalue weighted by Gasteiger charge is -2.22. The van der Waals surface area contributed by atoms with Crippen LogP contribution >= 0.6 is 0 Å². The molecule has 2 heteroatoms. The van der Waals surface area contributed by atoms with Gasteiger partial charge in [-0.25, -0.2) is 0 Å². The van der Waals surface area contributed by atoms with Crippen LogP contribution in [0.15, 0.2) is 67.0 Å². The van der Waals surface area contributed by atoms with Gasteiger partial charge in [-0.3, -0.25) is 4.98 Å². The van der Waals surface area contributed by atoms with Crippen molar-refractivity contribution in [2.24, 2.45) is 5.73 Å². The molecule has 0 aliphatic carbocycles. The first kappa shape index (κ1) is 12.8. The normalized spacial score (nSPS) is 14.1. The van der Waals surface area contributed by atoms with Crippen LogP contribution in [0.2, 0.25) is 0 Å². The monoisotopic (exact) mass is 262 g/mol. The molecule has 3 rings (SSSR count). The van der Waals surface area contributed by atoms with Crippen molar-refractivity contribution in [2.45, 2.75) is 18.9 Å². The maximum atomic E-state index is 6.52. The van der Waals surface area contributed by atoms with E-state index in [9.17, 15) is 0 Å². The molecule has 2 unspecified atom stereocenters. The van der Waals surface area contributed by atoms with E-state index in [0.29, 0.717) is 0 Å². The van der Waals surface area contributed by atoms with Gasteiger partial charge in [0.25, 0.3) is 0 Å². The minimum absolute atomic E-state index is 0.0245. The molecule has 0 aliphatic rings. The first-order valence-electron chi connectivity index (χ1n) is 6.90. The van der Waals surface area contributed by atoms with Gasteiger partial charge in [0.2, 0.25) is 0 Å². The van der Waals surface area contributed by atoms with Gasteiger partial charge in [0.15, 0.2) is 0 Å². The molecule has 3 aromatic rings. The second-order valence-electron chi connectivity index (χ2n) is 5.16. The van der Waals surface area contributed by atoms with Gasteiger partial charge < -0.3 is 5.73 Å². The Kier molecular flexibility index (Phi) is 3.48. The van der Waals surface area contributed by atoms with Crippen molar-refractivity contribution >= 4 is 10.8 Å². The van der Waals surface area contributed by atoms with Crippen LogP contribution in [0, 0.1) is 0 Å². The van der Waals surface area contributed by atoms with Crippen LogP contribution in [0.3, 0.4) is 0 Å². The molecule has 0 radical (unpaired) electrons. The third kappa shape index (κ3) is 2.30. The van der Waals surface area contributed by atoms with Crippen molar-refractivity contribution < 1.29 is 0 Å². The number of hydrogen-bond acceptors (Lipinski definition) is 2. The molecule has 2 N–H and O–H groups in total. The molecule has 0 amide bonds. The Morgan fingerprint density at radius 2 is 1.60 bits per heavy atom. The molecule has 2 atom stereocenters. The van der Waals surface area contributed by atoms with Gasteiger partial charge in [0.05, 0.1) is 0 Å². The fourth-order valence-corrected chi connectivity index (χ4v) is 2.68. The summed E-state index contributed by atoms with van der Waals surface area (Å²) in [5.74, 6) is 0.254. The zero-order chi connectivity index (χ0) is 13.9. The van der Waals surface area contributed by atoms with Gasteiger partial charge in [-0.05, 0) is 34.0 Å². The summed E-state index contributed by atoms with van der Waals surface area (Å²) in [6.45, 7) is 2.17. The Morgan fingerprint density at radius 3 is 2.40 bits per heavy atom. The van der Waals surface area contributed by atoms with Crippen molar-refractivity contribution in [3.8, 4) is 0 Å². The van der Waals surface area contributed by atoms with Crippen LogP contribution in [-0.4, -0.2) is 4.98 Å². The van der Waals surface area contributed by atoms with Crippen molar-refractivity contribution in [1.29, 1.82) is 0 Å². The fourth-order valence-electron chi connectivity index (χ4n) is 2.68. The Hall–Kier alpha value is -2.19. The van der Waals surface area contributed by atoms with E-state index >= 15 is 0 Å². The van der Waals surface area contributed by atoms with Crippen LogP contribution < -0.4 is 5.73 Å². The second kappa shape index (κ2) is 5.43. The molecule has 1 aromatic heterocycles. The van der Waals surface area contributed by atoms with Crippen molar-refractivity contribution in [3.63, 3.8) is 0 Å². The van der Waals surface area contributed by atoms with Crippen LogP contribution in [0.5, 0.6) is 0 Å². The average Bonchev–Trinajstić information content (AvgIpc) is 2.54. The van der Waals surface area contributed by atoms with E-state index in [2.05, 4.69) is 54.4 Å². The first-order valence-corrected chi connectivity index (χ1v) is 6.90. The highest BCUT2D eigenvalue weighted by Gasteiger charge is 2.18. The Labute approximate surface area is 119 Å². The lowest BCUT2D eigenvalue weighted by atomic mass is 9.87. The highest BCUT2D eigenvalue weighted by Crippen LogP contribution is 2.32. The maximum absolute atomic E-state index is 6.52. The summed E-state index contributed by atoms with van der Waals surface area (Å²) >= 11 is 0. The number of rotatable bonds is 3. The Morgan fingerprint density at radius 1 is 0.900 bits per heavy atom. The lowest BCUT2D eigenvalue weighted by molar-refractivity contribution is 0.601. The fraction of sp³-hybridized carbons (Fsp3) is 0.167. The number of nitrogens with zero attached hydrogens (tertiary/aromatic N) is 1. The smallest absolute Gasteiger partial charge is 0.0368 e. The van der Waals surface area contributed by atoms with E-state index in [1.54, 1.807) is 0 Å². The molecule has 0 spiro atoms. The summed E-state index contributed by atoms with van der Waals surface area (Å²) in [5.41, 5.74) is 8.94. The third-order valence-electron chi connectivity index (χ3n) is 3.95. The summed E-state index contributed by atoms with van der Waals surface area (Å²) < 4.78 is 0. The van der Waals surface area contributed by atoms with Gasteiger partial charge in [-0.1, -0.05) is 49.4 Å². The van der Waals surface area contributed by atoms with E-state index < -0.39 is 0 Å². The van der Waals surface area contributed by atoms with E-state index in [4.69, 9.17) is 5.73 Å². The zero-order valence-corrected chi connectivity index (χ0v) is 11.5. The molecule has 0 saturated carbocycles. The number of benzene rings is 2. The first-order chi connectivity index (χ1) is 9.77. The predicted octanol–water partition coefficient (Wildman–Crippen LogP) is 4.04. The van der Waals surface area contributed by atoms with Crippen molar-refractivity contribution in [3.05, 3.63) is 78.1 Å². The molecular weight excluding hydrogens is 244 g/mol. The van der Waals surface area contributed by atoms with Gasteiger partial charge in [0, 0.05) is 24.4 Å². The van der Waals surface area contributed by atoms with Gasteiger partial charge in [-0.15, -0.1) is 0 Å². The second-order valence-corrected chi connectivity index (χ2v) is 5.16. The molecule has 0 saturated heterocycles. The molecule has 0 aliphatic heterocycles. The highest BCUT2D eigenvalue weighted by molar-refractivity contribution is 5.86. The summed E-state index contributed by atoms with van der Waals surface area (Å²) in [4.78, 5) is 4.07. The molecule has 2 nitrogen and oxygen atoms in total. The number of fused-ring (bicyclic) bond motifs is 1. The highest BCUT2D eigenvalue weighted by atomic mass is 14.7. The summed E-state index contributed by atoms with van der Waals surface area (Å²) in [5, 5.41) is 2.48. The SMILES string of the molecule is CC(c1ccncc1)C(N)c1cccc2ccccc12. The van der Waals surface area contributed by atoms with Crippen molar-refractivity contribution in [1.82, 2.24) is 4.98 Å². The van der Waals surface area contributed by atoms with Gasteiger partial charge in [0.1, 0.15) is 0 Å². The zero-order valence-electron chi connectivity index (χ0n) is 11.5. The molecular formula is C18H18N2. The average molecular weight is 262 g/mol. The van der Waals surface area contributed by atoms with E-state index in [0.717, 1.165) is 0 Å². The molecule has 20 heavy (non-hydrogen) atoms. The molecule has 2 aromatic carbocycles. The minimum Gasteiger partial charge on any atom is -0.323 e. The maximum Gasteiger partial charge on any atom is 0.0368 e. The van der Waals surface area contributed by atoms with Gasteiger partial charge in [-0.2, -0.15) is 0 Å². The number of aromatic nitrogens is 1. The molecule has 1 heterocycles. The number of hydrogen-bond donors (Lipinski definition) is 1. The number of pyridine rings is 1. The summed E-state index contributed by atoms with van der Waals surface area (Å²) in [6, 6.07) is 18.8. The summed E-state index contributed by atoms with van der Waals surface area (Å²) in [7, 11) is 0. The number of nitrogens with two attached hydrogens (primary N) is 1. The van der Waals surface area contributed by atoms with E-state index in [1.165, 1.54) is 21.9 Å². The minimum atomic E-state index is -0.0245. The van der Waals surface area contributed by atoms with Crippen LogP contribution in [0.4, 0.5) is 0 Å². The Balaban J connectivity index is 2.03. The molecule has 0 fully saturated rings. The van der Waals surface area contributed by atoms with Crippen LogP contribution in [0.1, 0.15) is 30.0 Å². The van der Waals surface area contributed by atoms with Crippen LogP contribution in [0.25, 0.3) is 10.8 Å². The summed E-state index contributed by atoms with van der Waals surface area (Å²) in [6.07, 6.45) is 3.64. The standard InChI is InChI=1S/C18H18N2/c1-13(14-9-11-20-12-10-14)18(19)17-8-4-6-15-5-2-3-7-16(15)17/h2-13,18H,19H2,1H3. The van der Waals surface area contributed by atoms with Crippen molar-refractivity contribution in [2.75, 3.05) is 0 Å². The topological polar surface area (TPSA) is 38.9 Å². The largest absolute Gasteiger partial charge is 0.323 e. The van der Waals surface area contributed by atoms with Gasteiger partial charge >= 0.3 is 0 Å².